The zero-order valence-electron chi connectivity index (χ0n) is 9.77. The van der Waals surface area contributed by atoms with Crippen molar-refractivity contribution < 1.29 is 4.39 Å². The Balaban J connectivity index is 1.98. The van der Waals surface area contributed by atoms with Gasteiger partial charge < -0.3 is 5.32 Å². The highest BCUT2D eigenvalue weighted by atomic mass is 32.1. The molecule has 4 heteroatoms. The van der Waals surface area contributed by atoms with Crippen LogP contribution in [0.1, 0.15) is 5.56 Å². The number of nitrogens with zero attached hydrogens (tertiary/aromatic N) is 1. The number of nitrogens with one attached hydrogen (secondary N) is 1. The predicted molar refractivity (Wildman–Crippen MR) is 74.0 cm³/mol. The maximum absolute atomic E-state index is 13.6. The SMILES string of the molecule is Cc1ccc(F)c(Nc2nc3ccccc3s2)c1. The Morgan fingerprint density at radius 1 is 1.17 bits per heavy atom. The van der Waals surface area contributed by atoms with Gasteiger partial charge >= 0.3 is 0 Å². The molecule has 0 aliphatic heterocycles. The molecule has 0 aliphatic rings. The number of aromatic nitrogens is 1. The van der Waals surface area contributed by atoms with E-state index < -0.39 is 0 Å². The summed E-state index contributed by atoms with van der Waals surface area (Å²) in [5.74, 6) is -0.264. The van der Waals surface area contributed by atoms with E-state index in [2.05, 4.69) is 10.3 Å². The molecule has 0 atom stereocenters. The molecular formula is C14H11FN2S. The highest BCUT2D eigenvalue weighted by Gasteiger charge is 2.06. The van der Waals surface area contributed by atoms with Crippen molar-refractivity contribution in [3.05, 3.63) is 53.8 Å². The average Bonchev–Trinajstić information content (AvgIpc) is 2.76. The monoisotopic (exact) mass is 258 g/mol. The molecule has 1 aromatic heterocycles. The molecule has 18 heavy (non-hydrogen) atoms. The number of thiazole rings is 1. The molecule has 0 saturated heterocycles. The standard InChI is InChI=1S/C14H11FN2S/c1-9-6-7-10(15)12(8-9)17-14-16-11-4-2-3-5-13(11)18-14/h2-8H,1H3,(H,16,17). The van der Waals surface area contributed by atoms with Crippen molar-refractivity contribution in [2.75, 3.05) is 5.32 Å². The van der Waals surface area contributed by atoms with Crippen LogP contribution in [0.5, 0.6) is 0 Å². The number of hydrogen-bond donors (Lipinski definition) is 1. The van der Waals surface area contributed by atoms with Gasteiger partial charge in [0.05, 0.1) is 15.9 Å². The number of hydrogen-bond acceptors (Lipinski definition) is 3. The van der Waals surface area contributed by atoms with Crippen molar-refractivity contribution in [2.45, 2.75) is 6.92 Å². The Morgan fingerprint density at radius 2 is 2.00 bits per heavy atom. The third kappa shape index (κ3) is 2.07. The second kappa shape index (κ2) is 4.38. The molecule has 1 heterocycles. The first kappa shape index (κ1) is 11.2. The van der Waals surface area contributed by atoms with E-state index in [4.69, 9.17) is 0 Å². The summed E-state index contributed by atoms with van der Waals surface area (Å²) in [6.45, 7) is 1.93. The van der Waals surface area contributed by atoms with Crippen molar-refractivity contribution in [3.63, 3.8) is 0 Å². The summed E-state index contributed by atoms with van der Waals surface area (Å²) in [7, 11) is 0. The first-order valence-electron chi connectivity index (χ1n) is 5.61. The highest BCUT2D eigenvalue weighted by Crippen LogP contribution is 2.29. The van der Waals surface area contributed by atoms with Gasteiger partial charge in [-0.2, -0.15) is 0 Å². The van der Waals surface area contributed by atoms with Gasteiger partial charge in [-0.15, -0.1) is 0 Å². The normalized spacial score (nSPS) is 10.8. The van der Waals surface area contributed by atoms with Crippen molar-refractivity contribution in [2.24, 2.45) is 0 Å². The van der Waals surface area contributed by atoms with E-state index in [0.717, 1.165) is 15.8 Å². The Hall–Kier alpha value is -1.94. The van der Waals surface area contributed by atoms with E-state index in [1.165, 1.54) is 17.4 Å². The molecular weight excluding hydrogens is 247 g/mol. The molecule has 3 aromatic rings. The smallest absolute Gasteiger partial charge is 0.188 e. The molecule has 0 bridgehead atoms. The van der Waals surface area contributed by atoms with Crippen LogP contribution in [0.3, 0.4) is 0 Å². The molecule has 0 fully saturated rings. The topological polar surface area (TPSA) is 24.9 Å². The Bertz CT molecular complexity index is 673. The van der Waals surface area contributed by atoms with Gasteiger partial charge in [0.2, 0.25) is 0 Å². The Labute approximate surface area is 108 Å². The van der Waals surface area contributed by atoms with Crippen LogP contribution in [-0.4, -0.2) is 4.98 Å². The van der Waals surface area contributed by atoms with Crippen LogP contribution in [0.15, 0.2) is 42.5 Å². The van der Waals surface area contributed by atoms with Crippen LogP contribution >= 0.6 is 11.3 Å². The molecule has 2 aromatic carbocycles. The van der Waals surface area contributed by atoms with E-state index in [0.29, 0.717) is 10.8 Å². The maximum Gasteiger partial charge on any atom is 0.188 e. The van der Waals surface area contributed by atoms with E-state index in [-0.39, 0.29) is 5.82 Å². The van der Waals surface area contributed by atoms with Crippen LogP contribution in [-0.2, 0) is 0 Å². The molecule has 90 valence electrons. The summed E-state index contributed by atoms with van der Waals surface area (Å²) in [5, 5.41) is 3.74. The summed E-state index contributed by atoms with van der Waals surface area (Å²) in [6, 6.07) is 12.9. The number of benzene rings is 2. The van der Waals surface area contributed by atoms with Gasteiger partial charge in [-0.25, -0.2) is 9.37 Å². The lowest BCUT2D eigenvalue weighted by Gasteiger charge is -2.04. The lowest BCUT2D eigenvalue weighted by molar-refractivity contribution is 0.631. The zero-order valence-corrected chi connectivity index (χ0v) is 10.6. The second-order valence-electron chi connectivity index (χ2n) is 4.10. The Kier molecular flexibility index (Phi) is 2.72. The summed E-state index contributed by atoms with van der Waals surface area (Å²) >= 11 is 1.52. The van der Waals surface area contributed by atoms with Crippen LogP contribution in [0.4, 0.5) is 15.2 Å². The van der Waals surface area contributed by atoms with Crippen molar-refractivity contribution in [3.8, 4) is 0 Å². The fraction of sp³-hybridized carbons (Fsp3) is 0.0714. The third-order valence-corrected chi connectivity index (χ3v) is 3.61. The highest BCUT2D eigenvalue weighted by molar-refractivity contribution is 7.22. The minimum absolute atomic E-state index is 0.264. The third-order valence-electron chi connectivity index (χ3n) is 2.66. The number of aryl methyl sites for hydroxylation is 1. The van der Waals surface area contributed by atoms with Gasteiger partial charge in [-0.05, 0) is 36.8 Å². The van der Waals surface area contributed by atoms with E-state index in [1.54, 1.807) is 12.1 Å². The van der Waals surface area contributed by atoms with Crippen molar-refractivity contribution in [1.82, 2.24) is 4.98 Å². The Morgan fingerprint density at radius 3 is 2.83 bits per heavy atom. The largest absolute Gasteiger partial charge is 0.329 e. The lowest BCUT2D eigenvalue weighted by Crippen LogP contribution is -1.93. The minimum Gasteiger partial charge on any atom is -0.329 e. The lowest BCUT2D eigenvalue weighted by atomic mass is 10.2. The number of fused-ring (bicyclic) bond motifs is 1. The van der Waals surface area contributed by atoms with Crippen LogP contribution in [0, 0.1) is 12.7 Å². The van der Waals surface area contributed by atoms with Gasteiger partial charge in [-0.3, -0.25) is 0 Å². The van der Waals surface area contributed by atoms with E-state index >= 15 is 0 Å². The van der Waals surface area contributed by atoms with Gasteiger partial charge in [-0.1, -0.05) is 29.5 Å². The fourth-order valence-corrected chi connectivity index (χ4v) is 2.65. The number of anilines is 2. The first-order valence-corrected chi connectivity index (χ1v) is 6.43. The summed E-state index contributed by atoms with van der Waals surface area (Å²) in [4.78, 5) is 4.42. The van der Waals surface area contributed by atoms with E-state index in [9.17, 15) is 4.39 Å². The van der Waals surface area contributed by atoms with Crippen LogP contribution in [0.2, 0.25) is 0 Å². The van der Waals surface area contributed by atoms with Gasteiger partial charge in [0, 0.05) is 0 Å². The molecule has 0 amide bonds. The quantitative estimate of drug-likeness (QED) is 0.732. The number of rotatable bonds is 2. The van der Waals surface area contributed by atoms with E-state index in [1.807, 2.05) is 31.2 Å². The van der Waals surface area contributed by atoms with Crippen LogP contribution < -0.4 is 5.32 Å². The molecule has 0 saturated carbocycles. The minimum atomic E-state index is -0.264. The maximum atomic E-state index is 13.6. The molecule has 0 spiro atoms. The number of halogens is 1. The molecule has 2 nitrogen and oxygen atoms in total. The summed E-state index contributed by atoms with van der Waals surface area (Å²) < 4.78 is 14.7. The predicted octanol–water partition coefficient (Wildman–Crippen LogP) is 4.49. The van der Waals surface area contributed by atoms with Crippen molar-refractivity contribution in [1.29, 1.82) is 0 Å². The first-order chi connectivity index (χ1) is 8.72. The van der Waals surface area contributed by atoms with Crippen molar-refractivity contribution >= 4 is 32.4 Å². The summed E-state index contributed by atoms with van der Waals surface area (Å²) in [6.07, 6.45) is 0. The average molecular weight is 258 g/mol. The molecule has 1 N–H and O–H groups in total. The van der Waals surface area contributed by atoms with Gasteiger partial charge in [0.1, 0.15) is 5.82 Å². The van der Waals surface area contributed by atoms with Gasteiger partial charge in [0.25, 0.3) is 0 Å². The molecule has 3 rings (SSSR count). The second-order valence-corrected chi connectivity index (χ2v) is 5.13. The molecule has 0 unspecified atom stereocenters. The number of para-hydroxylation sites is 1. The molecule has 0 radical (unpaired) electrons. The molecule has 0 aliphatic carbocycles. The fourth-order valence-electron chi connectivity index (χ4n) is 1.78. The van der Waals surface area contributed by atoms with Gasteiger partial charge in [0.15, 0.2) is 5.13 Å². The summed E-state index contributed by atoms with van der Waals surface area (Å²) in [5.41, 5.74) is 2.41. The zero-order chi connectivity index (χ0) is 12.5. The van der Waals surface area contributed by atoms with Crippen LogP contribution in [0.25, 0.3) is 10.2 Å².